The topological polar surface area (TPSA) is 50.5 Å². The number of anilines is 1. The monoisotopic (exact) mass is 281 g/mol. The van der Waals surface area contributed by atoms with Crippen LogP contribution in [0.2, 0.25) is 0 Å². The van der Waals surface area contributed by atoms with Crippen LogP contribution in [0.4, 0.5) is 6.01 Å². The van der Waals surface area contributed by atoms with E-state index in [1.807, 2.05) is 11.9 Å². The van der Waals surface area contributed by atoms with Crippen molar-refractivity contribution in [2.45, 2.75) is 45.7 Å². The smallest absolute Gasteiger partial charge is 0.297 e. The van der Waals surface area contributed by atoms with Gasteiger partial charge in [-0.15, -0.1) is 0 Å². The summed E-state index contributed by atoms with van der Waals surface area (Å²) < 4.78 is 11.1. The maximum atomic E-state index is 5.63. The van der Waals surface area contributed by atoms with E-state index in [9.17, 15) is 0 Å². The number of oxazole rings is 1. The zero-order valence-corrected chi connectivity index (χ0v) is 13.1. The largest absolute Gasteiger partial charge is 0.432 e. The predicted octanol–water partition coefficient (Wildman–Crippen LogP) is 2.43. The number of ether oxygens (including phenoxy) is 1. The number of nitrogens with one attached hydrogen (secondary N) is 1. The van der Waals surface area contributed by atoms with Crippen LogP contribution in [-0.2, 0) is 11.3 Å². The van der Waals surface area contributed by atoms with Crippen LogP contribution >= 0.6 is 0 Å². The molecule has 0 bridgehead atoms. The highest BCUT2D eigenvalue weighted by atomic mass is 16.5. The van der Waals surface area contributed by atoms with Gasteiger partial charge in [0.2, 0.25) is 0 Å². The van der Waals surface area contributed by atoms with Crippen LogP contribution in [0, 0.1) is 5.92 Å². The fourth-order valence-corrected chi connectivity index (χ4v) is 1.74. The van der Waals surface area contributed by atoms with Crippen LogP contribution in [0.15, 0.2) is 10.7 Å². The van der Waals surface area contributed by atoms with Crippen LogP contribution in [0.25, 0.3) is 0 Å². The molecule has 1 aromatic rings. The van der Waals surface area contributed by atoms with Crippen molar-refractivity contribution < 1.29 is 9.15 Å². The summed E-state index contributed by atoms with van der Waals surface area (Å²) in [6.07, 6.45) is 4.38. The minimum atomic E-state index is 0.0850. The van der Waals surface area contributed by atoms with Gasteiger partial charge in [0.25, 0.3) is 6.01 Å². The average Bonchev–Trinajstić information content (AvgIpc) is 3.06. The minimum absolute atomic E-state index is 0.0850. The third-order valence-corrected chi connectivity index (χ3v) is 3.29. The van der Waals surface area contributed by atoms with E-state index in [-0.39, 0.29) is 5.54 Å². The first-order valence-corrected chi connectivity index (χ1v) is 7.42. The van der Waals surface area contributed by atoms with Crippen molar-refractivity contribution in [3.05, 3.63) is 12.0 Å². The van der Waals surface area contributed by atoms with Crippen molar-refractivity contribution in [2.24, 2.45) is 5.92 Å². The molecule has 0 saturated heterocycles. The predicted molar refractivity (Wildman–Crippen MR) is 79.9 cm³/mol. The van der Waals surface area contributed by atoms with Gasteiger partial charge in [0.1, 0.15) is 6.26 Å². The van der Waals surface area contributed by atoms with E-state index in [2.05, 4.69) is 31.1 Å². The first kappa shape index (κ1) is 15.3. The van der Waals surface area contributed by atoms with E-state index < -0.39 is 0 Å². The van der Waals surface area contributed by atoms with E-state index >= 15 is 0 Å². The zero-order chi connectivity index (χ0) is 14.6. The van der Waals surface area contributed by atoms with Crippen molar-refractivity contribution >= 4 is 6.01 Å². The van der Waals surface area contributed by atoms with Crippen molar-refractivity contribution in [2.75, 3.05) is 31.7 Å². The molecule has 2 rings (SSSR count). The Kier molecular flexibility index (Phi) is 5.05. The van der Waals surface area contributed by atoms with Gasteiger partial charge in [0.05, 0.1) is 12.3 Å². The van der Waals surface area contributed by atoms with Gasteiger partial charge in [-0.1, -0.05) is 0 Å². The van der Waals surface area contributed by atoms with Crippen LogP contribution in [-0.4, -0.2) is 37.3 Å². The molecule has 1 aliphatic rings. The molecule has 0 aliphatic heterocycles. The SMILES string of the molecule is CN(CCOCC1CC1)c1nc(CNC(C)(C)C)co1. The highest BCUT2D eigenvalue weighted by Gasteiger charge is 2.21. The van der Waals surface area contributed by atoms with Gasteiger partial charge < -0.3 is 19.4 Å². The maximum Gasteiger partial charge on any atom is 0.297 e. The molecular formula is C15H27N3O2. The molecule has 0 aromatic carbocycles. The summed E-state index contributed by atoms with van der Waals surface area (Å²) in [4.78, 5) is 6.47. The lowest BCUT2D eigenvalue weighted by Crippen LogP contribution is -2.35. The Morgan fingerprint density at radius 1 is 1.45 bits per heavy atom. The number of likely N-dealkylation sites (N-methyl/N-ethyl adjacent to an activating group) is 1. The molecular weight excluding hydrogens is 254 g/mol. The van der Waals surface area contributed by atoms with Gasteiger partial charge in [-0.05, 0) is 39.5 Å². The maximum absolute atomic E-state index is 5.63. The quantitative estimate of drug-likeness (QED) is 0.742. The Bertz CT molecular complexity index is 407. The zero-order valence-electron chi connectivity index (χ0n) is 13.1. The van der Waals surface area contributed by atoms with Crippen LogP contribution < -0.4 is 10.2 Å². The molecule has 0 atom stereocenters. The second kappa shape index (κ2) is 6.59. The molecule has 1 N–H and O–H groups in total. The Morgan fingerprint density at radius 2 is 2.20 bits per heavy atom. The fraction of sp³-hybridized carbons (Fsp3) is 0.800. The van der Waals surface area contributed by atoms with Crippen molar-refractivity contribution in [1.82, 2.24) is 10.3 Å². The Balaban J connectivity index is 1.69. The van der Waals surface area contributed by atoms with Crippen molar-refractivity contribution in [3.63, 3.8) is 0 Å². The molecule has 114 valence electrons. The molecule has 1 saturated carbocycles. The normalized spacial score (nSPS) is 15.6. The molecule has 0 unspecified atom stereocenters. The average molecular weight is 281 g/mol. The molecule has 1 fully saturated rings. The Hall–Kier alpha value is -1.07. The number of aromatic nitrogens is 1. The molecule has 1 heterocycles. The molecule has 0 spiro atoms. The summed E-state index contributed by atoms with van der Waals surface area (Å²) in [6.45, 7) is 9.56. The fourth-order valence-electron chi connectivity index (χ4n) is 1.74. The molecule has 5 heteroatoms. The van der Waals surface area contributed by atoms with Gasteiger partial charge in [-0.3, -0.25) is 0 Å². The third kappa shape index (κ3) is 5.51. The summed E-state index contributed by atoms with van der Waals surface area (Å²) in [7, 11) is 1.98. The highest BCUT2D eigenvalue weighted by molar-refractivity contribution is 5.25. The van der Waals surface area contributed by atoms with E-state index in [4.69, 9.17) is 9.15 Å². The molecule has 1 aromatic heterocycles. The number of hydrogen-bond acceptors (Lipinski definition) is 5. The minimum Gasteiger partial charge on any atom is -0.432 e. The van der Waals surface area contributed by atoms with Crippen molar-refractivity contribution in [1.29, 1.82) is 0 Å². The summed E-state index contributed by atoms with van der Waals surface area (Å²) >= 11 is 0. The van der Waals surface area contributed by atoms with Crippen LogP contribution in [0.1, 0.15) is 39.3 Å². The van der Waals surface area contributed by atoms with Gasteiger partial charge in [-0.2, -0.15) is 4.98 Å². The first-order chi connectivity index (χ1) is 9.44. The Labute approximate surface area is 121 Å². The third-order valence-electron chi connectivity index (χ3n) is 3.29. The highest BCUT2D eigenvalue weighted by Crippen LogP contribution is 2.28. The molecule has 0 radical (unpaired) electrons. The lowest BCUT2D eigenvalue weighted by atomic mass is 10.1. The van der Waals surface area contributed by atoms with Crippen molar-refractivity contribution in [3.8, 4) is 0 Å². The van der Waals surface area contributed by atoms with Gasteiger partial charge in [0, 0.05) is 32.3 Å². The van der Waals surface area contributed by atoms with E-state index in [0.29, 0.717) is 6.01 Å². The lowest BCUT2D eigenvalue weighted by molar-refractivity contribution is 0.130. The number of nitrogens with zero attached hydrogens (tertiary/aromatic N) is 2. The number of rotatable bonds is 8. The second-order valence-electron chi connectivity index (χ2n) is 6.66. The van der Waals surface area contributed by atoms with Crippen LogP contribution in [0.5, 0.6) is 0 Å². The van der Waals surface area contributed by atoms with Gasteiger partial charge in [-0.25, -0.2) is 0 Å². The summed E-state index contributed by atoms with van der Waals surface area (Å²) in [6, 6.07) is 0.658. The standard InChI is InChI=1S/C15H27N3O2/c1-15(2,3)16-9-13-11-20-14(17-13)18(4)7-8-19-10-12-5-6-12/h11-12,16H,5-10H2,1-4H3. The van der Waals surface area contributed by atoms with Gasteiger partial charge in [0.15, 0.2) is 0 Å². The second-order valence-corrected chi connectivity index (χ2v) is 6.66. The Morgan fingerprint density at radius 3 is 2.85 bits per heavy atom. The number of hydrogen-bond donors (Lipinski definition) is 1. The van der Waals surface area contributed by atoms with E-state index in [0.717, 1.165) is 37.9 Å². The van der Waals surface area contributed by atoms with E-state index in [1.165, 1.54) is 12.8 Å². The molecule has 0 amide bonds. The van der Waals surface area contributed by atoms with Gasteiger partial charge >= 0.3 is 0 Å². The molecule has 1 aliphatic carbocycles. The molecule has 20 heavy (non-hydrogen) atoms. The lowest BCUT2D eigenvalue weighted by Gasteiger charge is -2.19. The molecule has 5 nitrogen and oxygen atoms in total. The summed E-state index contributed by atoms with van der Waals surface area (Å²) in [5.41, 5.74) is 1.02. The van der Waals surface area contributed by atoms with Crippen LogP contribution in [0.3, 0.4) is 0 Å². The first-order valence-electron chi connectivity index (χ1n) is 7.42. The summed E-state index contributed by atoms with van der Waals surface area (Å²) in [5, 5.41) is 3.40. The summed E-state index contributed by atoms with van der Waals surface area (Å²) in [5.74, 6) is 0.817. The van der Waals surface area contributed by atoms with E-state index in [1.54, 1.807) is 6.26 Å².